The van der Waals surface area contributed by atoms with E-state index in [-0.39, 0.29) is 24.4 Å². The largest absolute Gasteiger partial charge is 0.481 e. The Bertz CT molecular complexity index is 959. The molecule has 1 aromatic carbocycles. The molecule has 3 rings (SSSR count). The lowest BCUT2D eigenvalue weighted by Crippen LogP contribution is -2.40. The van der Waals surface area contributed by atoms with E-state index in [9.17, 15) is 23.1 Å². The van der Waals surface area contributed by atoms with Crippen LogP contribution in [0.2, 0.25) is 0 Å². The van der Waals surface area contributed by atoms with Crippen molar-refractivity contribution in [3.05, 3.63) is 59.2 Å². The third-order valence-electron chi connectivity index (χ3n) is 6.91. The maximum atomic E-state index is 13.2. The van der Waals surface area contributed by atoms with E-state index in [0.29, 0.717) is 37.0 Å². The molecule has 3 atom stereocenters. The summed E-state index contributed by atoms with van der Waals surface area (Å²) < 4.78 is 39.5. The van der Waals surface area contributed by atoms with Gasteiger partial charge in [-0.3, -0.25) is 9.69 Å². The van der Waals surface area contributed by atoms with Gasteiger partial charge in [0, 0.05) is 24.9 Å². The molecule has 35 heavy (non-hydrogen) atoms. The number of benzene rings is 1. The molecule has 0 aliphatic carbocycles. The van der Waals surface area contributed by atoms with Crippen molar-refractivity contribution < 1.29 is 23.1 Å². The Kier molecular flexibility index (Phi) is 8.91. The molecule has 1 aliphatic rings. The van der Waals surface area contributed by atoms with E-state index >= 15 is 0 Å². The topological polar surface area (TPSA) is 66.3 Å². The summed E-state index contributed by atoms with van der Waals surface area (Å²) in [6, 6.07) is 4.99. The van der Waals surface area contributed by atoms with Gasteiger partial charge < -0.3 is 5.11 Å². The Balaban J connectivity index is 1.97. The van der Waals surface area contributed by atoms with E-state index in [1.807, 2.05) is 12.4 Å². The molecular formula is C27H36F3N3O2. The summed E-state index contributed by atoms with van der Waals surface area (Å²) in [6.07, 6.45) is 2.43. The number of carbonyl (C=O) groups is 1. The standard InChI is InChI=1S/C27H36F3N3O2/c1-17(2)5-10-23(26-31-15-21(16-32-26)18(3)4)33-12-11-19(14-25(34)35)13-24(33)20-6-8-22(9-7-20)27(28,29)30/h6-9,15-19,23-24H,5,10-14H2,1-4H3,(H,34,35)/t19-,23-,24+/m1/s1. The lowest BCUT2D eigenvalue weighted by atomic mass is 9.83. The van der Waals surface area contributed by atoms with Crippen molar-refractivity contribution in [2.45, 2.75) is 84.0 Å². The molecule has 1 N–H and O–H groups in total. The molecule has 1 aliphatic heterocycles. The fraction of sp³-hybridized carbons (Fsp3) is 0.593. The first kappa shape index (κ1) is 27.1. The molecule has 1 saturated heterocycles. The number of hydrogen-bond acceptors (Lipinski definition) is 4. The van der Waals surface area contributed by atoms with Crippen LogP contribution in [-0.2, 0) is 11.0 Å². The minimum atomic E-state index is -4.40. The highest BCUT2D eigenvalue weighted by Gasteiger charge is 2.37. The molecular weight excluding hydrogens is 455 g/mol. The van der Waals surface area contributed by atoms with E-state index in [1.165, 1.54) is 12.1 Å². The lowest BCUT2D eigenvalue weighted by Gasteiger charge is -2.43. The van der Waals surface area contributed by atoms with Crippen molar-refractivity contribution in [3.8, 4) is 0 Å². The van der Waals surface area contributed by atoms with Gasteiger partial charge in [-0.2, -0.15) is 13.2 Å². The first-order valence-electron chi connectivity index (χ1n) is 12.4. The summed E-state index contributed by atoms with van der Waals surface area (Å²) >= 11 is 0. The Hall–Kier alpha value is -2.48. The fourth-order valence-corrected chi connectivity index (χ4v) is 4.84. The van der Waals surface area contributed by atoms with Gasteiger partial charge in [-0.25, -0.2) is 9.97 Å². The van der Waals surface area contributed by atoms with Crippen molar-refractivity contribution in [1.82, 2.24) is 14.9 Å². The number of aromatic nitrogens is 2. The summed E-state index contributed by atoms with van der Waals surface area (Å²) in [5.74, 6) is 0.611. The van der Waals surface area contributed by atoms with Crippen molar-refractivity contribution >= 4 is 5.97 Å². The summed E-state index contributed by atoms with van der Waals surface area (Å²) in [7, 11) is 0. The Morgan fingerprint density at radius 2 is 1.71 bits per heavy atom. The normalized spacial score (nSPS) is 20.4. The quantitative estimate of drug-likeness (QED) is 0.408. The van der Waals surface area contributed by atoms with Crippen molar-refractivity contribution in [1.29, 1.82) is 0 Å². The van der Waals surface area contributed by atoms with Crippen LogP contribution in [0.15, 0.2) is 36.7 Å². The first-order chi connectivity index (χ1) is 16.5. The highest BCUT2D eigenvalue weighted by atomic mass is 19.4. The Morgan fingerprint density at radius 3 is 2.23 bits per heavy atom. The number of piperidine rings is 1. The van der Waals surface area contributed by atoms with Gasteiger partial charge in [0.15, 0.2) is 0 Å². The van der Waals surface area contributed by atoms with Crippen LogP contribution in [0.1, 0.15) is 100 Å². The molecule has 192 valence electrons. The molecule has 5 nitrogen and oxygen atoms in total. The van der Waals surface area contributed by atoms with Gasteiger partial charge >= 0.3 is 12.1 Å². The smallest absolute Gasteiger partial charge is 0.416 e. The summed E-state index contributed by atoms with van der Waals surface area (Å²) in [6.45, 7) is 9.13. The van der Waals surface area contributed by atoms with Gasteiger partial charge in [0.05, 0.1) is 11.6 Å². The van der Waals surface area contributed by atoms with E-state index in [0.717, 1.165) is 36.1 Å². The average molecular weight is 492 g/mol. The number of rotatable bonds is 9. The molecule has 0 saturated carbocycles. The molecule has 8 heteroatoms. The molecule has 0 unspecified atom stereocenters. The van der Waals surface area contributed by atoms with Crippen molar-refractivity contribution in [3.63, 3.8) is 0 Å². The molecule has 0 amide bonds. The number of carboxylic acids is 1. The van der Waals surface area contributed by atoms with E-state index in [4.69, 9.17) is 9.97 Å². The predicted octanol–water partition coefficient (Wildman–Crippen LogP) is 7.02. The van der Waals surface area contributed by atoms with Gasteiger partial charge in [0.2, 0.25) is 0 Å². The van der Waals surface area contributed by atoms with Crippen LogP contribution in [0.25, 0.3) is 0 Å². The van der Waals surface area contributed by atoms with Gasteiger partial charge in [0.1, 0.15) is 5.82 Å². The number of aliphatic carboxylic acids is 1. The van der Waals surface area contributed by atoms with Gasteiger partial charge in [-0.1, -0.05) is 39.8 Å². The second-order valence-electron chi connectivity index (χ2n) is 10.4. The van der Waals surface area contributed by atoms with Crippen LogP contribution >= 0.6 is 0 Å². The van der Waals surface area contributed by atoms with Gasteiger partial charge in [-0.15, -0.1) is 0 Å². The van der Waals surface area contributed by atoms with E-state index in [2.05, 4.69) is 32.6 Å². The second kappa shape index (κ2) is 11.5. The zero-order valence-corrected chi connectivity index (χ0v) is 20.9. The third kappa shape index (κ3) is 7.26. The minimum Gasteiger partial charge on any atom is -0.481 e. The minimum absolute atomic E-state index is 0.0361. The van der Waals surface area contributed by atoms with Gasteiger partial charge in [0.25, 0.3) is 0 Å². The number of carboxylic acid groups (broad SMARTS) is 1. The summed E-state index contributed by atoms with van der Waals surface area (Å²) in [5, 5.41) is 9.36. The highest BCUT2D eigenvalue weighted by molar-refractivity contribution is 5.67. The summed E-state index contributed by atoms with van der Waals surface area (Å²) in [4.78, 5) is 23.1. The number of alkyl halides is 3. The molecule has 2 heterocycles. The van der Waals surface area contributed by atoms with Crippen LogP contribution in [0, 0.1) is 11.8 Å². The fourth-order valence-electron chi connectivity index (χ4n) is 4.84. The van der Waals surface area contributed by atoms with E-state index in [1.54, 1.807) is 0 Å². The van der Waals surface area contributed by atoms with Crippen LogP contribution in [0.5, 0.6) is 0 Å². The molecule has 2 aromatic rings. The number of likely N-dealkylation sites (tertiary alicyclic amines) is 1. The molecule has 1 fully saturated rings. The average Bonchev–Trinajstić information content (AvgIpc) is 2.79. The monoisotopic (exact) mass is 491 g/mol. The summed E-state index contributed by atoms with van der Waals surface area (Å²) in [5.41, 5.74) is 1.13. The SMILES string of the molecule is CC(C)CC[C@H](c1ncc(C(C)C)cn1)N1CC[C@@H](CC(=O)O)C[C@H]1c1ccc(C(F)(F)F)cc1. The van der Waals surface area contributed by atoms with Crippen LogP contribution in [0.4, 0.5) is 13.2 Å². The number of halogens is 3. The number of hydrogen-bond donors (Lipinski definition) is 1. The van der Waals surface area contributed by atoms with Crippen LogP contribution in [0.3, 0.4) is 0 Å². The van der Waals surface area contributed by atoms with Gasteiger partial charge in [-0.05, 0) is 73.2 Å². The third-order valence-corrected chi connectivity index (χ3v) is 6.91. The zero-order chi connectivity index (χ0) is 25.8. The van der Waals surface area contributed by atoms with Crippen LogP contribution < -0.4 is 0 Å². The Morgan fingerprint density at radius 1 is 1.09 bits per heavy atom. The highest BCUT2D eigenvalue weighted by Crippen LogP contribution is 2.42. The molecule has 0 radical (unpaired) electrons. The first-order valence-corrected chi connectivity index (χ1v) is 12.4. The van der Waals surface area contributed by atoms with Crippen LogP contribution in [-0.4, -0.2) is 32.5 Å². The molecule has 1 aromatic heterocycles. The molecule has 0 spiro atoms. The maximum absolute atomic E-state index is 13.2. The lowest BCUT2D eigenvalue weighted by molar-refractivity contribution is -0.139. The number of nitrogens with zero attached hydrogens (tertiary/aromatic N) is 3. The van der Waals surface area contributed by atoms with E-state index < -0.39 is 17.7 Å². The maximum Gasteiger partial charge on any atom is 0.416 e. The predicted molar refractivity (Wildman–Crippen MR) is 129 cm³/mol. The van der Waals surface area contributed by atoms with Crippen molar-refractivity contribution in [2.24, 2.45) is 11.8 Å². The zero-order valence-electron chi connectivity index (χ0n) is 20.9. The van der Waals surface area contributed by atoms with Crippen molar-refractivity contribution in [2.75, 3.05) is 6.54 Å². The molecule has 0 bridgehead atoms. The Labute approximate surface area is 205 Å². The second-order valence-corrected chi connectivity index (χ2v) is 10.4.